The van der Waals surface area contributed by atoms with Gasteiger partial charge in [-0.2, -0.15) is 0 Å². The molecule has 1 aromatic carbocycles. The smallest absolute Gasteiger partial charge is 0.315 e. The highest BCUT2D eigenvalue weighted by Gasteiger charge is 2.05. The molecule has 1 N–H and O–H groups in total. The summed E-state index contributed by atoms with van der Waals surface area (Å²) in [5.41, 5.74) is 0.593. The van der Waals surface area contributed by atoms with Crippen LogP contribution in [0.5, 0.6) is 5.75 Å². The number of halogens is 1. The molecule has 0 unspecified atom stereocenters. The average Bonchev–Trinajstić information content (AvgIpc) is 2.64. The first-order valence-electron chi connectivity index (χ1n) is 8.13. The monoisotopic (exact) mass is 461 g/mol. The van der Waals surface area contributed by atoms with Gasteiger partial charge in [0, 0.05) is 25.6 Å². The summed E-state index contributed by atoms with van der Waals surface area (Å²) in [5.74, 6) is 0.389. The topological polar surface area (TPSA) is 73.9 Å². The summed E-state index contributed by atoms with van der Waals surface area (Å²) in [6, 6.07) is 7.02. The van der Waals surface area contributed by atoms with Crippen LogP contribution in [-0.4, -0.2) is 38.7 Å². The fourth-order valence-corrected chi connectivity index (χ4v) is 2.21. The fraction of sp³-hybridized carbons (Fsp3) is 0.444. The molecule has 0 fully saturated rings. The van der Waals surface area contributed by atoms with Crippen molar-refractivity contribution in [2.24, 2.45) is 0 Å². The standard InChI is InChI=1S/C18H24INO5/c1-23-13-5-6-14-24-16-10-8-15(9-11-16)18(22)20-12-4-2-3-7-17(21)25-19/h5-6,8-11H,2-4,7,12-14H2,1H3,(H,20,22)/b6-5-. The molecular formula is C18H24INO5. The highest BCUT2D eigenvalue weighted by atomic mass is 127. The Balaban J connectivity index is 2.22. The van der Waals surface area contributed by atoms with Crippen molar-refractivity contribution < 1.29 is 22.1 Å². The van der Waals surface area contributed by atoms with Crippen LogP contribution in [-0.2, 0) is 12.6 Å². The summed E-state index contributed by atoms with van der Waals surface area (Å²) in [7, 11) is 1.64. The average molecular weight is 461 g/mol. The van der Waals surface area contributed by atoms with Crippen LogP contribution in [0.15, 0.2) is 36.4 Å². The van der Waals surface area contributed by atoms with E-state index < -0.39 is 0 Å². The van der Waals surface area contributed by atoms with E-state index >= 15 is 0 Å². The minimum absolute atomic E-state index is 0.113. The second-order valence-corrected chi connectivity index (χ2v) is 5.72. The molecule has 0 heterocycles. The van der Waals surface area contributed by atoms with Gasteiger partial charge >= 0.3 is 5.97 Å². The molecule has 138 valence electrons. The number of carbonyl (C=O) groups is 2. The predicted octanol–water partition coefficient (Wildman–Crippen LogP) is 3.45. The van der Waals surface area contributed by atoms with Crippen LogP contribution in [0.3, 0.4) is 0 Å². The number of nitrogens with one attached hydrogen (secondary N) is 1. The Bertz CT molecular complexity index is 545. The normalized spacial score (nSPS) is 10.6. The van der Waals surface area contributed by atoms with Crippen molar-refractivity contribution in [3.05, 3.63) is 42.0 Å². The van der Waals surface area contributed by atoms with Crippen molar-refractivity contribution in [3.8, 4) is 5.75 Å². The summed E-state index contributed by atoms with van der Waals surface area (Å²) >= 11 is 1.59. The van der Waals surface area contributed by atoms with Crippen LogP contribution in [0.2, 0.25) is 0 Å². The van der Waals surface area contributed by atoms with Crippen LogP contribution < -0.4 is 10.1 Å². The van der Waals surface area contributed by atoms with E-state index in [1.165, 1.54) is 0 Å². The summed E-state index contributed by atoms with van der Waals surface area (Å²) in [4.78, 5) is 23.0. The maximum absolute atomic E-state index is 12.0. The first kappa shape index (κ1) is 21.4. The lowest BCUT2D eigenvalue weighted by molar-refractivity contribution is -0.131. The molecule has 0 bridgehead atoms. The second-order valence-electron chi connectivity index (χ2n) is 5.28. The number of hydrogen-bond donors (Lipinski definition) is 1. The molecule has 0 aromatic heterocycles. The lowest BCUT2D eigenvalue weighted by Crippen LogP contribution is -2.24. The van der Waals surface area contributed by atoms with Crippen molar-refractivity contribution >= 4 is 34.9 Å². The molecular weight excluding hydrogens is 437 g/mol. The summed E-state index contributed by atoms with van der Waals surface area (Å²) < 4.78 is 15.0. The third kappa shape index (κ3) is 10.1. The minimum atomic E-state index is -0.207. The van der Waals surface area contributed by atoms with Gasteiger partial charge in [-0.3, -0.25) is 9.59 Å². The Hall–Kier alpha value is -1.61. The predicted molar refractivity (Wildman–Crippen MR) is 104 cm³/mol. The third-order valence-electron chi connectivity index (χ3n) is 3.32. The van der Waals surface area contributed by atoms with E-state index in [2.05, 4.69) is 8.38 Å². The SMILES string of the molecule is COC/C=C\COc1ccc(C(=O)NCCCCCC(=O)OI)cc1. The van der Waals surface area contributed by atoms with Crippen LogP contribution in [0.1, 0.15) is 36.0 Å². The summed E-state index contributed by atoms with van der Waals surface area (Å²) in [6.45, 7) is 1.60. The van der Waals surface area contributed by atoms with E-state index in [0.717, 1.165) is 19.3 Å². The summed E-state index contributed by atoms with van der Waals surface area (Å²) in [5, 5.41) is 2.86. The van der Waals surface area contributed by atoms with Gasteiger partial charge in [0.1, 0.15) is 12.4 Å². The zero-order valence-electron chi connectivity index (χ0n) is 14.3. The summed E-state index contributed by atoms with van der Waals surface area (Å²) in [6.07, 6.45) is 6.64. The molecule has 0 atom stereocenters. The maximum Gasteiger partial charge on any atom is 0.315 e. The number of amides is 1. The van der Waals surface area contributed by atoms with Crippen molar-refractivity contribution in [2.45, 2.75) is 25.7 Å². The van der Waals surface area contributed by atoms with Gasteiger partial charge in [0.15, 0.2) is 23.0 Å². The Morgan fingerprint density at radius 2 is 1.80 bits per heavy atom. The Labute approximate surface area is 162 Å². The first-order chi connectivity index (χ1) is 12.2. The molecule has 0 radical (unpaired) electrons. The molecule has 1 amide bonds. The van der Waals surface area contributed by atoms with Gasteiger partial charge in [-0.05, 0) is 43.2 Å². The molecule has 25 heavy (non-hydrogen) atoms. The van der Waals surface area contributed by atoms with E-state index in [-0.39, 0.29) is 11.9 Å². The molecule has 0 saturated carbocycles. The van der Waals surface area contributed by atoms with Gasteiger partial charge in [0.2, 0.25) is 0 Å². The van der Waals surface area contributed by atoms with Gasteiger partial charge in [0.05, 0.1) is 6.61 Å². The number of methoxy groups -OCH3 is 1. The molecule has 7 heteroatoms. The molecule has 0 saturated heterocycles. The first-order valence-corrected chi connectivity index (χ1v) is 9.02. The molecule has 0 aliphatic heterocycles. The lowest BCUT2D eigenvalue weighted by atomic mass is 10.2. The number of hydrogen-bond acceptors (Lipinski definition) is 5. The number of carbonyl (C=O) groups excluding carboxylic acids is 2. The van der Waals surface area contributed by atoms with Gasteiger partial charge in [-0.15, -0.1) is 0 Å². The van der Waals surface area contributed by atoms with Crippen molar-refractivity contribution in [2.75, 3.05) is 26.9 Å². The highest BCUT2D eigenvalue weighted by molar-refractivity contribution is 14.1. The van der Waals surface area contributed by atoms with E-state index in [1.54, 1.807) is 54.4 Å². The zero-order chi connectivity index (χ0) is 18.3. The highest BCUT2D eigenvalue weighted by Crippen LogP contribution is 2.12. The Morgan fingerprint density at radius 1 is 1.08 bits per heavy atom. The van der Waals surface area contributed by atoms with Gasteiger partial charge in [-0.1, -0.05) is 12.5 Å². The quantitative estimate of drug-likeness (QED) is 0.293. The van der Waals surface area contributed by atoms with Gasteiger partial charge in [0.25, 0.3) is 5.91 Å². The van der Waals surface area contributed by atoms with E-state index in [4.69, 9.17) is 9.47 Å². The van der Waals surface area contributed by atoms with Crippen LogP contribution >= 0.6 is 23.0 Å². The zero-order valence-corrected chi connectivity index (χ0v) is 16.5. The third-order valence-corrected chi connectivity index (χ3v) is 3.81. The maximum atomic E-state index is 12.0. The van der Waals surface area contributed by atoms with Gasteiger partial charge in [-0.25, -0.2) is 0 Å². The van der Waals surface area contributed by atoms with Crippen LogP contribution in [0.4, 0.5) is 0 Å². The van der Waals surface area contributed by atoms with Crippen molar-refractivity contribution in [1.82, 2.24) is 5.32 Å². The molecule has 6 nitrogen and oxygen atoms in total. The van der Waals surface area contributed by atoms with Gasteiger partial charge < -0.3 is 17.9 Å². The van der Waals surface area contributed by atoms with Crippen LogP contribution in [0.25, 0.3) is 0 Å². The number of benzene rings is 1. The fourth-order valence-electron chi connectivity index (χ4n) is 1.99. The van der Waals surface area contributed by atoms with E-state index in [9.17, 15) is 9.59 Å². The second kappa shape index (κ2) is 13.7. The molecule has 1 aromatic rings. The Kier molecular flexibility index (Phi) is 11.7. The van der Waals surface area contributed by atoms with E-state index in [1.807, 2.05) is 12.2 Å². The number of rotatable bonds is 12. The lowest BCUT2D eigenvalue weighted by Gasteiger charge is -2.07. The van der Waals surface area contributed by atoms with Crippen LogP contribution in [0, 0.1) is 0 Å². The largest absolute Gasteiger partial charge is 0.490 e. The Morgan fingerprint density at radius 3 is 2.48 bits per heavy atom. The van der Waals surface area contributed by atoms with Crippen molar-refractivity contribution in [1.29, 1.82) is 0 Å². The molecule has 0 aliphatic rings. The molecule has 1 rings (SSSR count). The van der Waals surface area contributed by atoms with E-state index in [0.29, 0.717) is 37.5 Å². The van der Waals surface area contributed by atoms with Crippen molar-refractivity contribution in [3.63, 3.8) is 0 Å². The molecule has 0 aliphatic carbocycles. The number of unbranched alkanes of at least 4 members (excludes halogenated alkanes) is 2. The molecule has 0 spiro atoms. The minimum Gasteiger partial charge on any atom is -0.490 e. The number of ether oxygens (including phenoxy) is 2.